The van der Waals surface area contributed by atoms with Crippen molar-refractivity contribution in [2.45, 2.75) is 19.3 Å². The Bertz CT molecular complexity index is 3850. The van der Waals surface area contributed by atoms with Gasteiger partial charge in [-0.25, -0.2) is 0 Å². The van der Waals surface area contributed by atoms with E-state index in [0.717, 1.165) is 28.3 Å². The van der Waals surface area contributed by atoms with Gasteiger partial charge in [-0.1, -0.05) is 208 Å². The fourth-order valence-corrected chi connectivity index (χ4v) is 11.2. The Hall–Kier alpha value is -8.72. The van der Waals surface area contributed by atoms with Gasteiger partial charge >= 0.3 is 0 Å². The summed E-state index contributed by atoms with van der Waals surface area (Å²) in [5.74, 6) is 0. The summed E-state index contributed by atoms with van der Waals surface area (Å²) in [4.78, 5) is 2.38. The molecule has 13 rings (SSSR count). The molecule has 1 heterocycles. The van der Waals surface area contributed by atoms with Crippen molar-refractivity contribution in [3.63, 3.8) is 0 Å². The normalized spacial score (nSPS) is 12.6. The van der Waals surface area contributed by atoms with Gasteiger partial charge in [0.1, 0.15) is 0 Å². The van der Waals surface area contributed by atoms with Gasteiger partial charge in [0.25, 0.3) is 0 Å². The van der Waals surface area contributed by atoms with E-state index >= 15 is 0 Å². The molecule has 0 N–H and O–H groups in total. The fourth-order valence-electron chi connectivity index (χ4n) is 11.2. The lowest BCUT2D eigenvalue weighted by Gasteiger charge is -2.26. The predicted octanol–water partition coefficient (Wildman–Crippen LogP) is 18.4. The molecule has 0 saturated heterocycles. The van der Waals surface area contributed by atoms with Gasteiger partial charge < -0.3 is 9.47 Å². The Morgan fingerprint density at radius 3 is 1.42 bits per heavy atom. The molecule has 1 aliphatic rings. The minimum atomic E-state index is -0.0563. The molecule has 0 fully saturated rings. The lowest BCUT2D eigenvalue weighted by Crippen LogP contribution is -2.14. The minimum Gasteiger partial charge on any atom is -0.311 e. The molecule has 2 heteroatoms. The Kier molecular flexibility index (Phi) is 9.55. The number of hydrogen-bond acceptors (Lipinski definition) is 1. The summed E-state index contributed by atoms with van der Waals surface area (Å²) in [6.07, 6.45) is 0. The number of benzene rings is 11. The highest BCUT2D eigenvalue weighted by atomic mass is 15.1. The molecular formula is C67H48N2. The Morgan fingerprint density at radius 1 is 0.304 bits per heavy atom. The molecule has 12 aromatic rings. The number of rotatable bonds is 8. The van der Waals surface area contributed by atoms with Gasteiger partial charge in [0, 0.05) is 38.8 Å². The van der Waals surface area contributed by atoms with E-state index in [-0.39, 0.29) is 5.41 Å². The Morgan fingerprint density at radius 2 is 0.754 bits per heavy atom. The third kappa shape index (κ3) is 6.71. The van der Waals surface area contributed by atoms with Crippen LogP contribution in [-0.2, 0) is 5.41 Å². The maximum Gasteiger partial charge on any atom is 0.0541 e. The van der Waals surface area contributed by atoms with Gasteiger partial charge in [0.05, 0.1) is 16.7 Å². The van der Waals surface area contributed by atoms with Crippen molar-refractivity contribution in [3.8, 4) is 61.3 Å². The highest BCUT2D eigenvalue weighted by molar-refractivity contribution is 6.10. The number of para-hydroxylation sites is 3. The van der Waals surface area contributed by atoms with Crippen molar-refractivity contribution in [2.75, 3.05) is 4.90 Å². The maximum absolute atomic E-state index is 2.43. The molecular weight excluding hydrogens is 833 g/mol. The van der Waals surface area contributed by atoms with Crippen LogP contribution in [0, 0.1) is 0 Å². The van der Waals surface area contributed by atoms with Gasteiger partial charge in [0.15, 0.2) is 0 Å². The second kappa shape index (κ2) is 16.3. The monoisotopic (exact) mass is 880 g/mol. The van der Waals surface area contributed by atoms with Crippen molar-refractivity contribution in [2.24, 2.45) is 0 Å². The number of nitrogens with zero attached hydrogens (tertiary/aromatic N) is 2. The zero-order chi connectivity index (χ0) is 46.1. The van der Waals surface area contributed by atoms with Crippen LogP contribution in [0.1, 0.15) is 25.0 Å². The molecule has 0 amide bonds. The molecule has 326 valence electrons. The van der Waals surface area contributed by atoms with Crippen molar-refractivity contribution in [3.05, 3.63) is 266 Å². The molecule has 0 atom stereocenters. The van der Waals surface area contributed by atoms with Crippen LogP contribution in [0.3, 0.4) is 0 Å². The van der Waals surface area contributed by atoms with E-state index in [4.69, 9.17) is 0 Å². The summed E-state index contributed by atoms with van der Waals surface area (Å²) < 4.78 is 2.43. The van der Waals surface area contributed by atoms with Crippen molar-refractivity contribution in [1.29, 1.82) is 0 Å². The summed E-state index contributed by atoms with van der Waals surface area (Å²) in [7, 11) is 0. The second-order valence-corrected chi connectivity index (χ2v) is 18.9. The van der Waals surface area contributed by atoms with E-state index < -0.39 is 0 Å². The first kappa shape index (κ1) is 40.5. The molecule has 1 aliphatic carbocycles. The van der Waals surface area contributed by atoms with Crippen LogP contribution in [0.4, 0.5) is 17.1 Å². The van der Waals surface area contributed by atoms with Crippen molar-refractivity contribution >= 4 is 49.6 Å². The van der Waals surface area contributed by atoms with Crippen LogP contribution in [0.15, 0.2) is 255 Å². The molecule has 1 aromatic heterocycles. The summed E-state index contributed by atoms with van der Waals surface area (Å²) in [6.45, 7) is 4.70. The molecule has 0 unspecified atom stereocenters. The first-order valence-electron chi connectivity index (χ1n) is 24.0. The second-order valence-electron chi connectivity index (χ2n) is 18.9. The molecule has 0 aliphatic heterocycles. The Balaban J connectivity index is 0.890. The van der Waals surface area contributed by atoms with Crippen LogP contribution >= 0.6 is 0 Å². The highest BCUT2D eigenvalue weighted by Gasteiger charge is 2.35. The molecule has 2 nitrogen and oxygen atoms in total. The van der Waals surface area contributed by atoms with E-state index in [9.17, 15) is 0 Å². The zero-order valence-electron chi connectivity index (χ0n) is 38.6. The summed E-state index contributed by atoms with van der Waals surface area (Å²) in [6, 6.07) is 93.5. The predicted molar refractivity (Wildman–Crippen MR) is 292 cm³/mol. The van der Waals surface area contributed by atoms with E-state index in [1.165, 1.54) is 93.8 Å². The number of aromatic nitrogens is 1. The van der Waals surface area contributed by atoms with Crippen molar-refractivity contribution < 1.29 is 0 Å². The minimum absolute atomic E-state index is 0.0563. The third-order valence-corrected chi connectivity index (χ3v) is 14.6. The van der Waals surface area contributed by atoms with Gasteiger partial charge in [-0.3, -0.25) is 0 Å². The lowest BCUT2D eigenvalue weighted by atomic mass is 9.81. The fraction of sp³-hybridized carbons (Fsp3) is 0.0448. The van der Waals surface area contributed by atoms with E-state index in [1.807, 2.05) is 0 Å². The molecule has 0 radical (unpaired) electrons. The standard InChI is InChI=1S/C67H48N2/c1-67(2)62-26-11-7-21-57(62)58-43-36-49(44-63(58)67)45-30-37-50(38-31-45)68(51-39-32-47(33-40-51)54-25-15-17-46-16-3-4-18-53(46)54)52-41-34-48(35-42-52)55-19-5-6-20-56(55)59-22-8-12-27-64(59)69-65-28-13-9-23-60(65)61-24-10-14-29-66(61)69/h3-44H,1-2H3. The SMILES string of the molecule is CC1(C)c2ccccc2-c2ccc(-c3ccc(N(c4ccc(-c5ccccc5-c5ccccc5-n5c6ccccc6c6ccccc65)cc4)c4ccc(-c5cccc6ccccc56)cc4)cc3)cc21. The van der Waals surface area contributed by atoms with E-state index in [0.29, 0.717) is 0 Å². The number of hydrogen-bond donors (Lipinski definition) is 0. The smallest absolute Gasteiger partial charge is 0.0541 e. The number of fused-ring (bicyclic) bond motifs is 7. The lowest BCUT2D eigenvalue weighted by molar-refractivity contribution is 0.660. The van der Waals surface area contributed by atoms with Crippen LogP contribution in [0.25, 0.3) is 93.9 Å². The van der Waals surface area contributed by atoms with Crippen LogP contribution in [0.5, 0.6) is 0 Å². The number of anilines is 3. The van der Waals surface area contributed by atoms with Crippen molar-refractivity contribution in [1.82, 2.24) is 4.57 Å². The topological polar surface area (TPSA) is 8.17 Å². The first-order valence-corrected chi connectivity index (χ1v) is 24.0. The molecule has 11 aromatic carbocycles. The van der Waals surface area contributed by atoms with Gasteiger partial charge in [-0.05, 0) is 133 Å². The zero-order valence-corrected chi connectivity index (χ0v) is 38.6. The van der Waals surface area contributed by atoms with Crippen LogP contribution < -0.4 is 4.90 Å². The molecule has 0 saturated carbocycles. The average molecular weight is 881 g/mol. The van der Waals surface area contributed by atoms with Gasteiger partial charge in [-0.2, -0.15) is 0 Å². The summed E-state index contributed by atoms with van der Waals surface area (Å²) >= 11 is 0. The average Bonchev–Trinajstić information content (AvgIpc) is 3.87. The van der Waals surface area contributed by atoms with Gasteiger partial charge in [-0.15, -0.1) is 0 Å². The quantitative estimate of drug-likeness (QED) is 0.148. The van der Waals surface area contributed by atoms with Crippen LogP contribution in [0.2, 0.25) is 0 Å². The summed E-state index contributed by atoms with van der Waals surface area (Å²) in [5.41, 5.74) is 21.9. The summed E-state index contributed by atoms with van der Waals surface area (Å²) in [5, 5.41) is 5.02. The van der Waals surface area contributed by atoms with E-state index in [1.54, 1.807) is 0 Å². The molecule has 69 heavy (non-hydrogen) atoms. The third-order valence-electron chi connectivity index (χ3n) is 14.6. The van der Waals surface area contributed by atoms with Gasteiger partial charge in [0.2, 0.25) is 0 Å². The highest BCUT2D eigenvalue weighted by Crippen LogP contribution is 2.50. The molecule has 0 spiro atoms. The maximum atomic E-state index is 2.43. The largest absolute Gasteiger partial charge is 0.311 e. The van der Waals surface area contributed by atoms with Crippen LogP contribution in [-0.4, -0.2) is 4.57 Å². The molecule has 0 bridgehead atoms. The first-order chi connectivity index (χ1) is 34.0. The van der Waals surface area contributed by atoms with E-state index in [2.05, 4.69) is 278 Å². The Labute approximate surface area is 403 Å².